The summed E-state index contributed by atoms with van der Waals surface area (Å²) in [7, 11) is 0. The quantitative estimate of drug-likeness (QED) is 0.452. The van der Waals surface area contributed by atoms with Gasteiger partial charge >= 0.3 is 0 Å². The molecule has 0 aromatic heterocycles. The molecule has 0 amide bonds. The van der Waals surface area contributed by atoms with E-state index in [-0.39, 0.29) is 16.9 Å². The van der Waals surface area contributed by atoms with Gasteiger partial charge in [-0.3, -0.25) is 0 Å². The van der Waals surface area contributed by atoms with Gasteiger partial charge < -0.3 is 10.2 Å². The molecule has 4 unspecified atom stereocenters. The van der Waals surface area contributed by atoms with Gasteiger partial charge in [0.1, 0.15) is 0 Å². The summed E-state index contributed by atoms with van der Waals surface area (Å²) in [5.74, 6) is 3.33. The number of allylic oxidation sites excluding steroid dienone is 1. The van der Waals surface area contributed by atoms with Gasteiger partial charge in [0.2, 0.25) is 0 Å². The molecular weight excluding hydrogens is 392 g/mol. The first-order valence-electron chi connectivity index (χ1n) is 13.8. The molecule has 2 heteroatoms. The Morgan fingerprint density at radius 3 is 2.19 bits per heavy atom. The van der Waals surface area contributed by atoms with Gasteiger partial charge in [0.15, 0.2) is 0 Å². The molecule has 0 aromatic carbocycles. The Balaban J connectivity index is 1.55. The minimum Gasteiger partial charge on any atom is -0.396 e. The molecule has 0 radical (unpaired) electrons. The zero-order valence-corrected chi connectivity index (χ0v) is 21.8. The van der Waals surface area contributed by atoms with E-state index in [1.807, 2.05) is 0 Å². The van der Waals surface area contributed by atoms with Crippen molar-refractivity contribution in [2.24, 2.45) is 56.7 Å². The van der Waals surface area contributed by atoms with Crippen molar-refractivity contribution < 1.29 is 10.2 Å². The van der Waals surface area contributed by atoms with Crippen LogP contribution in [0.4, 0.5) is 0 Å². The fourth-order valence-corrected chi connectivity index (χ4v) is 11.5. The van der Waals surface area contributed by atoms with Gasteiger partial charge in [-0.05, 0) is 128 Å². The van der Waals surface area contributed by atoms with Crippen molar-refractivity contribution >= 4 is 0 Å². The van der Waals surface area contributed by atoms with Crippen LogP contribution in [0, 0.1) is 56.7 Å². The fraction of sp³-hybridized carbons (Fsp3) is 0.933. The summed E-state index contributed by atoms with van der Waals surface area (Å²) in [6.07, 6.45) is 12.2. The van der Waals surface area contributed by atoms with Crippen molar-refractivity contribution in [2.75, 3.05) is 6.61 Å². The molecule has 0 bridgehead atoms. The average molecular weight is 443 g/mol. The summed E-state index contributed by atoms with van der Waals surface area (Å²) in [5, 5.41) is 21.5. The predicted octanol–water partition coefficient (Wildman–Crippen LogP) is 7.00. The molecule has 5 fully saturated rings. The highest BCUT2D eigenvalue weighted by Gasteiger charge is 2.70. The molecule has 182 valence electrons. The first kappa shape index (κ1) is 23.4. The third-order valence-electron chi connectivity index (χ3n) is 13.5. The third-order valence-corrected chi connectivity index (χ3v) is 13.5. The number of hydrogen-bond acceptors (Lipinski definition) is 2. The van der Waals surface area contributed by atoms with E-state index < -0.39 is 0 Å². The molecule has 2 nitrogen and oxygen atoms in total. The van der Waals surface area contributed by atoms with Gasteiger partial charge in [0.25, 0.3) is 0 Å². The topological polar surface area (TPSA) is 40.5 Å². The number of aliphatic hydroxyl groups is 2. The highest BCUT2D eigenvalue weighted by molar-refractivity contribution is 5.21. The number of hydrogen-bond donors (Lipinski definition) is 2. The summed E-state index contributed by atoms with van der Waals surface area (Å²) < 4.78 is 0. The summed E-state index contributed by atoms with van der Waals surface area (Å²) in [6.45, 7) is 19.7. The maximum atomic E-state index is 10.9. The lowest BCUT2D eigenvalue weighted by atomic mass is 9.32. The second-order valence-corrected chi connectivity index (χ2v) is 14.6. The lowest BCUT2D eigenvalue weighted by Gasteiger charge is -2.73. The maximum Gasteiger partial charge on any atom is 0.0594 e. The van der Waals surface area contributed by atoms with Gasteiger partial charge in [-0.2, -0.15) is 0 Å². The van der Waals surface area contributed by atoms with Crippen LogP contribution >= 0.6 is 0 Å². The molecule has 32 heavy (non-hydrogen) atoms. The molecule has 5 aliphatic carbocycles. The van der Waals surface area contributed by atoms with Crippen molar-refractivity contribution in [1.82, 2.24) is 0 Å². The van der Waals surface area contributed by atoms with Crippen molar-refractivity contribution in [3.05, 3.63) is 12.2 Å². The number of aliphatic hydroxyl groups excluding tert-OH is 2. The average Bonchev–Trinajstić information content (AvgIpc) is 3.12. The van der Waals surface area contributed by atoms with Crippen LogP contribution in [0.25, 0.3) is 0 Å². The molecule has 5 rings (SSSR count). The van der Waals surface area contributed by atoms with E-state index in [1.54, 1.807) is 0 Å². The maximum absolute atomic E-state index is 10.9. The monoisotopic (exact) mass is 442 g/mol. The normalized spacial score (nSPS) is 56.5. The van der Waals surface area contributed by atoms with Crippen molar-refractivity contribution in [2.45, 2.75) is 112 Å². The summed E-state index contributed by atoms with van der Waals surface area (Å²) in [4.78, 5) is 0. The molecule has 5 saturated carbocycles. The van der Waals surface area contributed by atoms with E-state index in [2.05, 4.69) is 48.1 Å². The standard InChI is InChI=1S/C30H50O2/c1-19(2)20-10-15-30(18-31)17-16-28(6)21(25(20)30)8-9-23-27(5)13-12-24(32)26(3,4)22(27)11-14-29(23,28)7/h20-25,31-32H,1,8-18H2,2-7H3/t20-,21?,22?,23?,24-,25?,27-,28+,29+,30+/m0/s1. The Hall–Kier alpha value is -0.340. The lowest BCUT2D eigenvalue weighted by Crippen LogP contribution is -2.66. The molecular formula is C30H50O2. The van der Waals surface area contributed by atoms with E-state index in [1.165, 1.54) is 63.4 Å². The van der Waals surface area contributed by atoms with E-state index in [9.17, 15) is 10.2 Å². The van der Waals surface area contributed by atoms with Crippen molar-refractivity contribution in [1.29, 1.82) is 0 Å². The Morgan fingerprint density at radius 2 is 1.53 bits per heavy atom. The number of fused-ring (bicyclic) bond motifs is 7. The predicted molar refractivity (Wildman–Crippen MR) is 132 cm³/mol. The highest BCUT2D eigenvalue weighted by Crippen LogP contribution is 2.77. The second kappa shape index (κ2) is 7.09. The minimum atomic E-state index is -0.147. The minimum absolute atomic E-state index is 0.0290. The molecule has 2 N–H and O–H groups in total. The largest absolute Gasteiger partial charge is 0.396 e. The van der Waals surface area contributed by atoms with Crippen LogP contribution in [-0.2, 0) is 0 Å². The van der Waals surface area contributed by atoms with Gasteiger partial charge in [-0.15, -0.1) is 0 Å². The van der Waals surface area contributed by atoms with Crippen molar-refractivity contribution in [3.8, 4) is 0 Å². The van der Waals surface area contributed by atoms with Crippen LogP contribution in [0.1, 0.15) is 106 Å². The molecule has 10 atom stereocenters. The van der Waals surface area contributed by atoms with Crippen LogP contribution in [0.5, 0.6) is 0 Å². The van der Waals surface area contributed by atoms with Gasteiger partial charge in [0.05, 0.1) is 6.10 Å². The van der Waals surface area contributed by atoms with Gasteiger partial charge in [-0.1, -0.05) is 46.8 Å². The first-order chi connectivity index (χ1) is 14.9. The second-order valence-electron chi connectivity index (χ2n) is 14.6. The van der Waals surface area contributed by atoms with E-state index in [0.717, 1.165) is 18.3 Å². The Kier molecular flexibility index (Phi) is 5.19. The summed E-state index contributed by atoms with van der Waals surface area (Å²) in [5.41, 5.74) is 2.60. The van der Waals surface area contributed by atoms with Crippen molar-refractivity contribution in [3.63, 3.8) is 0 Å². The SMILES string of the molecule is C=C(C)[C@@H]1CC[C@]2(CO)CC[C@]3(C)C(CCC4[C@@]5(C)CC[C@H](O)C(C)(C)C5CC[C@]43C)C12. The molecule has 0 saturated heterocycles. The number of rotatable bonds is 2. The fourth-order valence-electron chi connectivity index (χ4n) is 11.5. The van der Waals surface area contributed by atoms with Crippen LogP contribution in [0.3, 0.4) is 0 Å². The Labute approximate surface area is 197 Å². The Bertz CT molecular complexity index is 786. The first-order valence-corrected chi connectivity index (χ1v) is 13.8. The van der Waals surface area contributed by atoms with Gasteiger partial charge in [-0.25, -0.2) is 0 Å². The van der Waals surface area contributed by atoms with E-state index in [0.29, 0.717) is 40.6 Å². The van der Waals surface area contributed by atoms with E-state index in [4.69, 9.17) is 0 Å². The van der Waals surface area contributed by atoms with Crippen LogP contribution in [0.2, 0.25) is 0 Å². The van der Waals surface area contributed by atoms with Crippen LogP contribution in [-0.4, -0.2) is 22.9 Å². The highest BCUT2D eigenvalue weighted by atomic mass is 16.3. The zero-order chi connectivity index (χ0) is 23.3. The summed E-state index contributed by atoms with van der Waals surface area (Å²) in [6, 6.07) is 0. The molecule has 5 aliphatic rings. The van der Waals surface area contributed by atoms with Crippen LogP contribution < -0.4 is 0 Å². The molecule has 0 aliphatic heterocycles. The molecule has 0 heterocycles. The van der Waals surface area contributed by atoms with E-state index >= 15 is 0 Å². The Morgan fingerprint density at radius 1 is 0.812 bits per heavy atom. The van der Waals surface area contributed by atoms with Crippen LogP contribution in [0.15, 0.2) is 12.2 Å². The third kappa shape index (κ3) is 2.66. The smallest absolute Gasteiger partial charge is 0.0594 e. The lowest BCUT2D eigenvalue weighted by molar-refractivity contribution is -0.249. The molecule has 0 spiro atoms. The zero-order valence-electron chi connectivity index (χ0n) is 21.8. The summed E-state index contributed by atoms with van der Waals surface area (Å²) >= 11 is 0. The molecule has 0 aromatic rings. The van der Waals surface area contributed by atoms with Gasteiger partial charge in [0, 0.05) is 6.61 Å².